The van der Waals surface area contributed by atoms with Gasteiger partial charge in [0.15, 0.2) is 0 Å². The molecule has 5 rings (SSSR count). The molecule has 0 saturated heterocycles. The molecular formula is C37H53BrN2O2. The van der Waals surface area contributed by atoms with E-state index >= 15 is 0 Å². The van der Waals surface area contributed by atoms with Crippen LogP contribution in [0, 0.1) is 17.3 Å². The van der Waals surface area contributed by atoms with E-state index in [0.717, 1.165) is 53.9 Å². The normalized spacial score (nSPS) is 19.5. The maximum absolute atomic E-state index is 13.5. The molecule has 0 radical (unpaired) electrons. The van der Waals surface area contributed by atoms with E-state index in [-0.39, 0.29) is 16.9 Å². The summed E-state index contributed by atoms with van der Waals surface area (Å²) in [7, 11) is 0. The number of rotatable bonds is 13. The Hall–Kier alpha value is -2.27. The Morgan fingerprint density at radius 1 is 1.05 bits per heavy atom. The van der Waals surface area contributed by atoms with Crippen molar-refractivity contribution in [2.24, 2.45) is 17.3 Å². The van der Waals surface area contributed by atoms with Gasteiger partial charge in [-0.1, -0.05) is 101 Å². The van der Waals surface area contributed by atoms with Crippen LogP contribution in [0.4, 0.5) is 10.5 Å². The van der Waals surface area contributed by atoms with E-state index in [1.54, 1.807) is 0 Å². The summed E-state index contributed by atoms with van der Waals surface area (Å²) in [4.78, 5) is 15.5. The molecule has 0 aliphatic heterocycles. The number of fused-ring (bicyclic) bond motifs is 1. The molecule has 2 bridgehead atoms. The van der Waals surface area contributed by atoms with E-state index in [0.29, 0.717) is 31.0 Å². The predicted octanol–water partition coefficient (Wildman–Crippen LogP) is 10.5. The molecule has 42 heavy (non-hydrogen) atoms. The summed E-state index contributed by atoms with van der Waals surface area (Å²) in [5.41, 5.74) is 5.44. The molecule has 2 aromatic rings. The summed E-state index contributed by atoms with van der Waals surface area (Å²) in [6.07, 6.45) is 8.74. The predicted molar refractivity (Wildman–Crippen MR) is 181 cm³/mol. The average Bonchev–Trinajstić information content (AvgIpc) is 2.96. The maximum Gasteiger partial charge on any atom is 0.322 e. The number of carbonyl (C=O) groups is 1. The molecule has 2 unspecified atom stereocenters. The number of anilines is 1. The van der Waals surface area contributed by atoms with Crippen LogP contribution in [0.5, 0.6) is 5.75 Å². The monoisotopic (exact) mass is 636 g/mol. The van der Waals surface area contributed by atoms with Gasteiger partial charge in [0.2, 0.25) is 0 Å². The van der Waals surface area contributed by atoms with Crippen LogP contribution in [0.15, 0.2) is 58.6 Å². The van der Waals surface area contributed by atoms with E-state index in [9.17, 15) is 4.79 Å². The highest BCUT2D eigenvalue weighted by molar-refractivity contribution is 9.10. The summed E-state index contributed by atoms with van der Waals surface area (Å²) >= 11 is 3.52. The van der Waals surface area contributed by atoms with Gasteiger partial charge >= 0.3 is 6.03 Å². The standard InChI is InChI=1S/C37H53BrN2O2/c1-9-35(3,4)27-18-19-33(32(22-27)36(5,6)10-2)42-21-12-11-20-40(34(41)39-30-15-13-14-29(38)24-30)25-26-16-17-28-23-31(26)37(28,7)8/h13-16,18-19,22,24,28,31H,9-12,17,20-21,23,25H2,1-8H3,(H,39,41). The zero-order chi connectivity index (χ0) is 30.7. The lowest BCUT2D eigenvalue weighted by molar-refractivity contribution is -0.00954. The van der Waals surface area contributed by atoms with Crippen LogP contribution in [0.3, 0.4) is 0 Å². The van der Waals surface area contributed by atoms with Gasteiger partial charge in [0, 0.05) is 28.8 Å². The maximum atomic E-state index is 13.5. The summed E-state index contributed by atoms with van der Waals surface area (Å²) in [6.45, 7) is 20.6. The molecule has 0 heterocycles. The minimum absolute atomic E-state index is 0.0321. The van der Waals surface area contributed by atoms with E-state index in [2.05, 4.69) is 101 Å². The van der Waals surface area contributed by atoms with Crippen molar-refractivity contribution in [3.8, 4) is 5.75 Å². The first-order valence-electron chi connectivity index (χ1n) is 16.1. The number of urea groups is 1. The molecule has 2 atom stereocenters. The second kappa shape index (κ2) is 13.2. The lowest BCUT2D eigenvalue weighted by Gasteiger charge is -2.57. The van der Waals surface area contributed by atoms with E-state index < -0.39 is 0 Å². The first kappa shape index (κ1) is 32.6. The smallest absolute Gasteiger partial charge is 0.322 e. The Morgan fingerprint density at radius 2 is 1.79 bits per heavy atom. The first-order chi connectivity index (χ1) is 19.8. The molecule has 0 aromatic heterocycles. The third-order valence-corrected chi connectivity index (χ3v) is 11.2. The highest BCUT2D eigenvalue weighted by atomic mass is 79.9. The summed E-state index contributed by atoms with van der Waals surface area (Å²) < 4.78 is 7.40. The Bertz CT molecular complexity index is 1280. The number of ether oxygens (including phenoxy) is 1. The molecule has 3 aliphatic rings. The van der Waals surface area contributed by atoms with Gasteiger partial charge in [0.1, 0.15) is 5.75 Å². The number of allylic oxidation sites excluding steroid dienone is 1. The van der Waals surface area contributed by atoms with Gasteiger partial charge in [-0.3, -0.25) is 0 Å². The van der Waals surface area contributed by atoms with Crippen molar-refractivity contribution in [2.75, 3.05) is 25.0 Å². The second-order valence-corrected chi connectivity index (χ2v) is 15.3. The molecule has 5 heteroatoms. The van der Waals surface area contributed by atoms with Crippen molar-refractivity contribution >= 4 is 27.6 Å². The Morgan fingerprint density at radius 3 is 2.43 bits per heavy atom. The Labute approximate surface area is 263 Å². The summed E-state index contributed by atoms with van der Waals surface area (Å²) in [5.74, 6) is 2.37. The fraction of sp³-hybridized carbons (Fsp3) is 0.595. The molecule has 4 nitrogen and oxygen atoms in total. The number of halogens is 1. The van der Waals surface area contributed by atoms with Gasteiger partial charge in [-0.15, -0.1) is 0 Å². The fourth-order valence-corrected chi connectivity index (χ4v) is 6.88. The number of hydrogen-bond donors (Lipinski definition) is 1. The van der Waals surface area contributed by atoms with Crippen LogP contribution in [0.1, 0.15) is 105 Å². The van der Waals surface area contributed by atoms with Crippen molar-refractivity contribution < 1.29 is 9.53 Å². The van der Waals surface area contributed by atoms with Gasteiger partial charge in [0.25, 0.3) is 0 Å². The van der Waals surface area contributed by atoms with Gasteiger partial charge < -0.3 is 15.0 Å². The third-order valence-electron chi connectivity index (χ3n) is 10.7. The molecule has 1 saturated carbocycles. The minimum atomic E-state index is -0.0321. The van der Waals surface area contributed by atoms with Gasteiger partial charge in [0.05, 0.1) is 6.61 Å². The zero-order valence-electron chi connectivity index (χ0n) is 27.3. The highest BCUT2D eigenvalue weighted by Crippen LogP contribution is 2.59. The van der Waals surface area contributed by atoms with Crippen LogP contribution in [-0.2, 0) is 10.8 Å². The number of nitrogens with zero attached hydrogens (tertiary/aromatic N) is 1. The van der Waals surface area contributed by atoms with Crippen LogP contribution >= 0.6 is 15.9 Å². The third kappa shape index (κ3) is 7.26. The summed E-state index contributed by atoms with van der Waals surface area (Å²) in [6, 6.07) is 14.6. The number of amides is 2. The molecule has 3 aliphatic carbocycles. The van der Waals surface area contributed by atoms with Crippen LogP contribution in [0.25, 0.3) is 0 Å². The van der Waals surface area contributed by atoms with E-state index in [1.165, 1.54) is 23.1 Å². The summed E-state index contributed by atoms with van der Waals surface area (Å²) in [5, 5.41) is 3.14. The lowest BCUT2D eigenvalue weighted by Crippen LogP contribution is -2.50. The van der Waals surface area contributed by atoms with Crippen molar-refractivity contribution in [1.82, 2.24) is 4.90 Å². The van der Waals surface area contributed by atoms with Crippen molar-refractivity contribution in [1.29, 1.82) is 0 Å². The van der Waals surface area contributed by atoms with Crippen LogP contribution in [-0.4, -0.2) is 30.6 Å². The quantitative estimate of drug-likeness (QED) is 0.175. The molecule has 2 aromatic carbocycles. The van der Waals surface area contributed by atoms with Crippen molar-refractivity contribution in [2.45, 2.75) is 105 Å². The van der Waals surface area contributed by atoms with Gasteiger partial charge in [-0.05, 0) is 96.4 Å². The number of unbranched alkanes of at least 4 members (excludes halogenated alkanes) is 1. The Kier molecular flexibility index (Phi) is 10.2. The van der Waals surface area contributed by atoms with E-state index in [4.69, 9.17) is 4.74 Å². The fourth-order valence-electron chi connectivity index (χ4n) is 6.48. The SMILES string of the molecule is CCC(C)(C)c1ccc(OCCCCN(CC2=CCC3CC2C3(C)C)C(=O)Nc2cccc(Br)c2)c(C(C)(C)CC)c1. The highest BCUT2D eigenvalue weighted by Gasteiger charge is 2.51. The van der Waals surface area contributed by atoms with Crippen LogP contribution in [0.2, 0.25) is 0 Å². The molecule has 2 amide bonds. The second-order valence-electron chi connectivity index (χ2n) is 14.4. The number of hydrogen-bond acceptors (Lipinski definition) is 2. The largest absolute Gasteiger partial charge is 0.493 e. The van der Waals surface area contributed by atoms with Gasteiger partial charge in [-0.2, -0.15) is 0 Å². The molecule has 0 spiro atoms. The molecular weight excluding hydrogens is 584 g/mol. The lowest BCUT2D eigenvalue weighted by atomic mass is 9.49. The molecule has 230 valence electrons. The number of nitrogens with one attached hydrogen (secondary N) is 1. The van der Waals surface area contributed by atoms with E-state index in [1.807, 2.05) is 29.2 Å². The minimum Gasteiger partial charge on any atom is -0.493 e. The molecule has 1 fully saturated rings. The number of carbonyl (C=O) groups excluding carboxylic acids is 1. The van der Waals surface area contributed by atoms with Crippen LogP contribution < -0.4 is 10.1 Å². The zero-order valence-corrected chi connectivity index (χ0v) is 28.9. The van der Waals surface area contributed by atoms with Crippen molar-refractivity contribution in [3.05, 3.63) is 69.7 Å². The molecule has 1 N–H and O–H groups in total. The first-order valence-corrected chi connectivity index (χ1v) is 16.9. The number of benzene rings is 2. The Balaban J connectivity index is 1.41. The average molecular weight is 638 g/mol. The topological polar surface area (TPSA) is 41.6 Å². The van der Waals surface area contributed by atoms with Crippen molar-refractivity contribution in [3.63, 3.8) is 0 Å². The van der Waals surface area contributed by atoms with Gasteiger partial charge in [-0.25, -0.2) is 4.79 Å².